The maximum absolute atomic E-state index is 13.6. The van der Waals surface area contributed by atoms with Gasteiger partial charge in [0, 0.05) is 31.9 Å². The topological polar surface area (TPSA) is 57.0 Å². The van der Waals surface area contributed by atoms with Crippen LogP contribution < -0.4 is 4.90 Å². The van der Waals surface area contributed by atoms with Crippen molar-refractivity contribution in [3.8, 4) is 0 Å². The molecule has 0 bridgehead atoms. The van der Waals surface area contributed by atoms with E-state index in [0.717, 1.165) is 29.8 Å². The average molecular weight is 456 g/mol. The molecule has 6 heteroatoms. The Balaban J connectivity index is 1.48. The fourth-order valence-corrected chi connectivity index (χ4v) is 4.91. The van der Waals surface area contributed by atoms with Gasteiger partial charge < -0.3 is 14.2 Å². The number of furan rings is 1. The maximum atomic E-state index is 13.6. The van der Waals surface area contributed by atoms with Crippen molar-refractivity contribution >= 4 is 23.1 Å². The number of piperazine rings is 1. The Morgan fingerprint density at radius 2 is 1.53 bits per heavy atom. The Bertz CT molecular complexity index is 1270. The smallest absolute Gasteiger partial charge is 0.278 e. The van der Waals surface area contributed by atoms with Crippen molar-refractivity contribution < 1.29 is 14.0 Å². The molecule has 0 unspecified atom stereocenters. The molecular weight excluding hydrogens is 426 g/mol. The number of hydrogen-bond donors (Lipinski definition) is 0. The van der Waals surface area contributed by atoms with Gasteiger partial charge >= 0.3 is 0 Å². The molecule has 1 fully saturated rings. The van der Waals surface area contributed by atoms with Crippen LogP contribution in [0.5, 0.6) is 0 Å². The largest absolute Gasteiger partial charge is 0.467 e. The van der Waals surface area contributed by atoms with Gasteiger partial charge in [-0.2, -0.15) is 0 Å². The molecule has 1 saturated heterocycles. The van der Waals surface area contributed by atoms with Crippen molar-refractivity contribution in [3.05, 3.63) is 94.6 Å². The summed E-state index contributed by atoms with van der Waals surface area (Å²) in [6, 6.07) is 18.0. The molecule has 3 aromatic rings. The van der Waals surface area contributed by atoms with E-state index < -0.39 is 0 Å². The predicted molar refractivity (Wildman–Crippen MR) is 132 cm³/mol. The van der Waals surface area contributed by atoms with Crippen molar-refractivity contribution in [1.82, 2.24) is 9.80 Å². The first-order valence-corrected chi connectivity index (χ1v) is 11.7. The SMILES string of the molecule is Cc1cccc(N2CCN(C3=C(c4ccc(C)cc4C)C(=O)N(Cc4ccco4)C3=O)CC2)c1. The third-order valence-electron chi connectivity index (χ3n) is 6.65. The van der Waals surface area contributed by atoms with E-state index in [1.165, 1.54) is 16.2 Å². The van der Waals surface area contributed by atoms with Gasteiger partial charge in [-0.1, -0.05) is 35.9 Å². The molecule has 0 aliphatic carbocycles. The van der Waals surface area contributed by atoms with E-state index in [2.05, 4.69) is 47.1 Å². The molecule has 2 aliphatic rings. The number of aryl methyl sites for hydroxylation is 3. The molecule has 6 nitrogen and oxygen atoms in total. The van der Waals surface area contributed by atoms with Crippen molar-refractivity contribution in [2.75, 3.05) is 31.1 Å². The molecule has 2 aromatic carbocycles. The number of anilines is 1. The molecular formula is C28H29N3O3. The van der Waals surface area contributed by atoms with Crippen LogP contribution in [-0.2, 0) is 16.1 Å². The Morgan fingerprint density at radius 3 is 2.21 bits per heavy atom. The molecule has 2 amide bonds. The van der Waals surface area contributed by atoms with E-state index in [0.29, 0.717) is 30.1 Å². The minimum Gasteiger partial charge on any atom is -0.467 e. The summed E-state index contributed by atoms with van der Waals surface area (Å²) in [6.45, 7) is 9.16. The lowest BCUT2D eigenvalue weighted by molar-refractivity contribution is -0.138. The first kappa shape index (κ1) is 22.0. The number of rotatable bonds is 5. The number of nitrogens with zero attached hydrogens (tertiary/aromatic N) is 3. The highest BCUT2D eigenvalue weighted by Crippen LogP contribution is 2.35. The van der Waals surface area contributed by atoms with Crippen LogP contribution in [0.4, 0.5) is 5.69 Å². The monoisotopic (exact) mass is 455 g/mol. The minimum absolute atomic E-state index is 0.131. The predicted octanol–water partition coefficient (Wildman–Crippen LogP) is 4.31. The lowest BCUT2D eigenvalue weighted by Crippen LogP contribution is -2.47. The van der Waals surface area contributed by atoms with Gasteiger partial charge in [0.15, 0.2) is 0 Å². The zero-order valence-electron chi connectivity index (χ0n) is 19.9. The average Bonchev–Trinajstić information content (AvgIpc) is 3.42. The van der Waals surface area contributed by atoms with E-state index in [-0.39, 0.29) is 18.4 Å². The molecule has 3 heterocycles. The quantitative estimate of drug-likeness (QED) is 0.537. The van der Waals surface area contributed by atoms with Crippen LogP contribution in [0, 0.1) is 20.8 Å². The lowest BCUT2D eigenvalue weighted by atomic mass is 9.97. The minimum atomic E-state index is -0.260. The number of carbonyl (C=O) groups is 2. The van der Waals surface area contributed by atoms with Crippen LogP contribution in [0.1, 0.15) is 28.0 Å². The Morgan fingerprint density at radius 1 is 0.794 bits per heavy atom. The summed E-state index contributed by atoms with van der Waals surface area (Å²) in [4.78, 5) is 33.0. The molecule has 2 aliphatic heterocycles. The van der Waals surface area contributed by atoms with Crippen LogP contribution in [0.2, 0.25) is 0 Å². The van der Waals surface area contributed by atoms with Crippen LogP contribution in [0.3, 0.4) is 0 Å². The van der Waals surface area contributed by atoms with Crippen LogP contribution in [0.25, 0.3) is 5.57 Å². The summed E-state index contributed by atoms with van der Waals surface area (Å²) in [5, 5.41) is 0. The summed E-state index contributed by atoms with van der Waals surface area (Å²) in [5.41, 5.74) is 6.36. The van der Waals surface area contributed by atoms with Gasteiger partial charge in [0.05, 0.1) is 18.4 Å². The number of imide groups is 1. The summed E-state index contributed by atoms with van der Waals surface area (Å²) in [5.74, 6) is 0.0806. The normalized spacial score (nSPS) is 16.7. The third-order valence-corrected chi connectivity index (χ3v) is 6.65. The number of amides is 2. The fraction of sp³-hybridized carbons (Fsp3) is 0.286. The molecule has 0 N–H and O–H groups in total. The number of hydrogen-bond acceptors (Lipinski definition) is 5. The lowest BCUT2D eigenvalue weighted by Gasteiger charge is -2.37. The highest BCUT2D eigenvalue weighted by atomic mass is 16.3. The third kappa shape index (κ3) is 4.00. The zero-order chi connectivity index (χ0) is 23.8. The van der Waals surface area contributed by atoms with E-state index in [9.17, 15) is 9.59 Å². The van der Waals surface area contributed by atoms with Gasteiger partial charge in [0.25, 0.3) is 11.8 Å². The van der Waals surface area contributed by atoms with Gasteiger partial charge in [0.2, 0.25) is 0 Å². The van der Waals surface area contributed by atoms with Gasteiger partial charge in [-0.05, 0) is 61.7 Å². The van der Waals surface area contributed by atoms with Crippen LogP contribution >= 0.6 is 0 Å². The molecule has 0 saturated carbocycles. The second kappa shape index (κ2) is 8.86. The molecule has 174 valence electrons. The van der Waals surface area contributed by atoms with E-state index in [1.54, 1.807) is 18.4 Å². The Hall–Kier alpha value is -3.80. The summed E-state index contributed by atoms with van der Waals surface area (Å²) >= 11 is 0. The van der Waals surface area contributed by atoms with Gasteiger partial charge in [-0.15, -0.1) is 0 Å². The van der Waals surface area contributed by atoms with Crippen LogP contribution in [0.15, 0.2) is 71.0 Å². The van der Waals surface area contributed by atoms with Crippen molar-refractivity contribution in [3.63, 3.8) is 0 Å². The first-order valence-electron chi connectivity index (χ1n) is 11.7. The van der Waals surface area contributed by atoms with Crippen molar-refractivity contribution in [2.45, 2.75) is 27.3 Å². The highest BCUT2D eigenvalue weighted by molar-refractivity contribution is 6.35. The van der Waals surface area contributed by atoms with E-state index >= 15 is 0 Å². The van der Waals surface area contributed by atoms with E-state index in [1.807, 2.05) is 26.0 Å². The standard InChI is InChI=1S/C28H29N3O3/c1-19-6-4-7-22(17-19)29-11-13-30(14-12-29)26-25(24-10-9-20(2)16-21(24)3)27(32)31(28(26)33)18-23-8-5-15-34-23/h4-10,15-17H,11-14,18H2,1-3H3. The first-order chi connectivity index (χ1) is 16.4. The van der Waals surface area contributed by atoms with Gasteiger partial charge in [-0.3, -0.25) is 14.5 Å². The number of benzene rings is 2. The fourth-order valence-electron chi connectivity index (χ4n) is 4.91. The second-order valence-electron chi connectivity index (χ2n) is 9.13. The van der Waals surface area contributed by atoms with Crippen molar-refractivity contribution in [1.29, 1.82) is 0 Å². The number of carbonyl (C=O) groups excluding carboxylic acids is 2. The molecule has 0 spiro atoms. The Labute approximate surface area is 200 Å². The molecule has 1 aromatic heterocycles. The van der Waals surface area contributed by atoms with Gasteiger partial charge in [-0.25, -0.2) is 0 Å². The highest BCUT2D eigenvalue weighted by Gasteiger charge is 2.42. The van der Waals surface area contributed by atoms with E-state index in [4.69, 9.17) is 4.42 Å². The molecule has 34 heavy (non-hydrogen) atoms. The zero-order valence-corrected chi connectivity index (χ0v) is 19.9. The molecule has 0 radical (unpaired) electrons. The van der Waals surface area contributed by atoms with Gasteiger partial charge in [0.1, 0.15) is 11.5 Å². The summed E-state index contributed by atoms with van der Waals surface area (Å²) < 4.78 is 5.44. The maximum Gasteiger partial charge on any atom is 0.278 e. The Kier molecular flexibility index (Phi) is 5.74. The summed E-state index contributed by atoms with van der Waals surface area (Å²) in [7, 11) is 0. The molecule has 0 atom stereocenters. The van der Waals surface area contributed by atoms with Crippen LogP contribution in [-0.4, -0.2) is 47.8 Å². The second-order valence-corrected chi connectivity index (χ2v) is 9.13. The molecule has 5 rings (SSSR count). The summed E-state index contributed by atoms with van der Waals surface area (Å²) in [6.07, 6.45) is 1.56. The van der Waals surface area contributed by atoms with Crippen molar-refractivity contribution in [2.24, 2.45) is 0 Å².